The van der Waals surface area contributed by atoms with Crippen molar-refractivity contribution in [3.8, 4) is 0 Å². The Morgan fingerprint density at radius 3 is 2.71 bits per heavy atom. The molecule has 0 aliphatic rings. The summed E-state index contributed by atoms with van der Waals surface area (Å²) in [6.07, 6.45) is 1.48. The number of nitro groups is 1. The molecule has 0 saturated carbocycles. The largest absolute Gasteiger partial charge is 0.349 e. The summed E-state index contributed by atoms with van der Waals surface area (Å²) >= 11 is 11.4. The molecule has 0 bridgehead atoms. The molecule has 0 saturated heterocycles. The summed E-state index contributed by atoms with van der Waals surface area (Å²) in [5.41, 5.74) is -0.435. The Bertz CT molecular complexity index is 489. The molecule has 0 heterocycles. The van der Waals surface area contributed by atoms with Gasteiger partial charge in [0, 0.05) is 17.6 Å². The molecule has 0 aliphatic heterocycles. The van der Waals surface area contributed by atoms with Crippen molar-refractivity contribution in [1.29, 1.82) is 0 Å². The minimum absolute atomic E-state index is 0.0345. The fraction of sp³-hybridized carbons (Fsp3) is 0.100. The Balaban J connectivity index is 3.19. The van der Waals surface area contributed by atoms with Crippen molar-refractivity contribution in [2.75, 3.05) is 6.54 Å². The van der Waals surface area contributed by atoms with Gasteiger partial charge in [0.25, 0.3) is 11.6 Å². The summed E-state index contributed by atoms with van der Waals surface area (Å²) in [5, 5.41) is 13.0. The van der Waals surface area contributed by atoms with Crippen molar-refractivity contribution in [3.05, 3.63) is 50.5 Å². The molecule has 1 amide bonds. The minimum Gasteiger partial charge on any atom is -0.349 e. The lowest BCUT2D eigenvalue weighted by molar-refractivity contribution is -0.384. The van der Waals surface area contributed by atoms with E-state index in [1.54, 1.807) is 0 Å². The van der Waals surface area contributed by atoms with E-state index in [-0.39, 0.29) is 22.2 Å². The third kappa shape index (κ3) is 3.18. The smallest absolute Gasteiger partial charge is 0.290 e. The van der Waals surface area contributed by atoms with E-state index in [0.29, 0.717) is 0 Å². The van der Waals surface area contributed by atoms with E-state index in [2.05, 4.69) is 11.9 Å². The molecular formula is C10H8Cl2N2O3. The number of rotatable bonds is 4. The Kier molecular flexibility index (Phi) is 4.48. The summed E-state index contributed by atoms with van der Waals surface area (Å²) in [6, 6.07) is 2.36. The van der Waals surface area contributed by atoms with Gasteiger partial charge in [-0.3, -0.25) is 14.9 Å². The SMILES string of the molecule is C=CCNC(=O)c1cc(Cl)cc([N+](=O)[O-])c1Cl. The van der Waals surface area contributed by atoms with Crippen LogP contribution in [0.15, 0.2) is 24.8 Å². The standard InChI is InChI=1S/C10H8Cl2N2O3/c1-2-3-13-10(15)7-4-6(11)5-8(9(7)12)14(16)17/h2,4-5H,1,3H2,(H,13,15). The minimum atomic E-state index is -0.696. The highest BCUT2D eigenvalue weighted by molar-refractivity contribution is 6.37. The Morgan fingerprint density at radius 2 is 2.18 bits per heavy atom. The first kappa shape index (κ1) is 13.5. The summed E-state index contributed by atoms with van der Waals surface area (Å²) in [7, 11) is 0. The van der Waals surface area contributed by atoms with Crippen LogP contribution >= 0.6 is 23.2 Å². The number of carbonyl (C=O) groups excluding carboxylic acids is 1. The molecule has 5 nitrogen and oxygen atoms in total. The highest BCUT2D eigenvalue weighted by atomic mass is 35.5. The Morgan fingerprint density at radius 1 is 1.53 bits per heavy atom. The van der Waals surface area contributed by atoms with E-state index in [0.717, 1.165) is 6.07 Å². The second kappa shape index (κ2) is 5.65. The van der Waals surface area contributed by atoms with Gasteiger partial charge >= 0.3 is 0 Å². The van der Waals surface area contributed by atoms with Crippen LogP contribution in [0.5, 0.6) is 0 Å². The van der Waals surface area contributed by atoms with Crippen molar-refractivity contribution in [3.63, 3.8) is 0 Å². The van der Waals surface area contributed by atoms with Crippen molar-refractivity contribution in [2.24, 2.45) is 0 Å². The first-order valence-electron chi connectivity index (χ1n) is 4.50. The maximum atomic E-state index is 11.6. The quantitative estimate of drug-likeness (QED) is 0.521. The molecule has 7 heteroatoms. The van der Waals surface area contributed by atoms with Crippen LogP contribution in [-0.2, 0) is 0 Å². The zero-order chi connectivity index (χ0) is 13.0. The van der Waals surface area contributed by atoms with Crippen molar-refractivity contribution >= 4 is 34.8 Å². The van der Waals surface area contributed by atoms with Gasteiger partial charge in [0.2, 0.25) is 0 Å². The maximum absolute atomic E-state index is 11.6. The number of amides is 1. The lowest BCUT2D eigenvalue weighted by Crippen LogP contribution is -2.23. The van der Waals surface area contributed by atoms with E-state index < -0.39 is 16.5 Å². The summed E-state index contributed by atoms with van der Waals surface area (Å²) in [6.45, 7) is 3.66. The molecule has 0 spiro atoms. The molecule has 0 atom stereocenters. The van der Waals surface area contributed by atoms with Gasteiger partial charge in [0.1, 0.15) is 5.02 Å². The molecule has 1 rings (SSSR count). The average Bonchev–Trinajstić information content (AvgIpc) is 2.28. The molecular weight excluding hydrogens is 267 g/mol. The predicted molar refractivity (Wildman–Crippen MR) is 65.6 cm³/mol. The summed E-state index contributed by atoms with van der Waals surface area (Å²) < 4.78 is 0. The number of hydrogen-bond donors (Lipinski definition) is 1. The summed E-state index contributed by atoms with van der Waals surface area (Å²) in [4.78, 5) is 21.6. The Labute approximate surface area is 107 Å². The molecule has 90 valence electrons. The van der Waals surface area contributed by atoms with E-state index in [1.165, 1.54) is 12.1 Å². The molecule has 1 aromatic carbocycles. The monoisotopic (exact) mass is 274 g/mol. The molecule has 1 aromatic rings. The van der Waals surface area contributed by atoms with E-state index in [4.69, 9.17) is 23.2 Å². The van der Waals surface area contributed by atoms with Gasteiger partial charge in [-0.1, -0.05) is 29.3 Å². The van der Waals surface area contributed by atoms with Gasteiger partial charge in [0.15, 0.2) is 0 Å². The normalized spacial score (nSPS) is 9.76. The van der Waals surface area contributed by atoms with Crippen LogP contribution in [0.2, 0.25) is 10.0 Å². The van der Waals surface area contributed by atoms with Crippen LogP contribution < -0.4 is 5.32 Å². The Hall–Kier alpha value is -1.59. The number of nitrogens with zero attached hydrogens (tertiary/aromatic N) is 1. The van der Waals surface area contributed by atoms with Crippen LogP contribution in [0.25, 0.3) is 0 Å². The summed E-state index contributed by atoms with van der Waals surface area (Å²) in [5.74, 6) is -0.541. The van der Waals surface area contributed by atoms with E-state index >= 15 is 0 Å². The van der Waals surface area contributed by atoms with Gasteiger partial charge in [-0.25, -0.2) is 0 Å². The molecule has 0 radical (unpaired) electrons. The molecule has 0 unspecified atom stereocenters. The zero-order valence-corrected chi connectivity index (χ0v) is 10.1. The molecule has 0 aromatic heterocycles. The van der Waals surface area contributed by atoms with Crippen LogP contribution in [0.4, 0.5) is 5.69 Å². The lowest BCUT2D eigenvalue weighted by atomic mass is 10.2. The van der Waals surface area contributed by atoms with Gasteiger partial charge < -0.3 is 5.32 Å². The maximum Gasteiger partial charge on any atom is 0.290 e. The third-order valence-corrected chi connectivity index (χ3v) is 2.48. The van der Waals surface area contributed by atoms with Crippen molar-refractivity contribution in [2.45, 2.75) is 0 Å². The van der Waals surface area contributed by atoms with Gasteiger partial charge in [-0.15, -0.1) is 6.58 Å². The number of hydrogen-bond acceptors (Lipinski definition) is 3. The highest BCUT2D eigenvalue weighted by Gasteiger charge is 2.21. The fourth-order valence-corrected chi connectivity index (χ4v) is 1.61. The fourth-order valence-electron chi connectivity index (χ4n) is 1.13. The zero-order valence-electron chi connectivity index (χ0n) is 8.57. The van der Waals surface area contributed by atoms with Crippen LogP contribution in [-0.4, -0.2) is 17.4 Å². The second-order valence-electron chi connectivity index (χ2n) is 3.04. The number of benzene rings is 1. The second-order valence-corrected chi connectivity index (χ2v) is 3.86. The van der Waals surface area contributed by atoms with E-state index in [1.807, 2.05) is 0 Å². The van der Waals surface area contributed by atoms with Gasteiger partial charge in [-0.05, 0) is 6.07 Å². The van der Waals surface area contributed by atoms with E-state index in [9.17, 15) is 14.9 Å². The molecule has 0 aliphatic carbocycles. The highest BCUT2D eigenvalue weighted by Crippen LogP contribution is 2.31. The van der Waals surface area contributed by atoms with Gasteiger partial charge in [-0.2, -0.15) is 0 Å². The third-order valence-electron chi connectivity index (χ3n) is 1.87. The molecule has 0 fully saturated rings. The number of nitrogens with one attached hydrogen (secondary N) is 1. The molecule has 17 heavy (non-hydrogen) atoms. The van der Waals surface area contributed by atoms with Gasteiger partial charge in [0.05, 0.1) is 10.5 Å². The lowest BCUT2D eigenvalue weighted by Gasteiger charge is -2.05. The predicted octanol–water partition coefficient (Wildman–Crippen LogP) is 2.82. The first-order chi connectivity index (χ1) is 7.97. The number of carbonyl (C=O) groups is 1. The number of nitro benzene ring substituents is 1. The topological polar surface area (TPSA) is 72.2 Å². The van der Waals surface area contributed by atoms with Crippen molar-refractivity contribution < 1.29 is 9.72 Å². The molecule has 1 N–H and O–H groups in total. The van der Waals surface area contributed by atoms with Crippen molar-refractivity contribution in [1.82, 2.24) is 5.32 Å². The van der Waals surface area contributed by atoms with Crippen LogP contribution in [0.3, 0.4) is 0 Å². The van der Waals surface area contributed by atoms with Crippen LogP contribution in [0.1, 0.15) is 10.4 Å². The first-order valence-corrected chi connectivity index (χ1v) is 5.25. The average molecular weight is 275 g/mol. The van der Waals surface area contributed by atoms with Crippen LogP contribution in [0, 0.1) is 10.1 Å². The number of halogens is 2.